The Hall–Kier alpha value is -2.64. The number of unbranched alkanes of at least 4 members (excludes halogenated alkanes) is 1. The van der Waals surface area contributed by atoms with Crippen LogP contribution in [0.25, 0.3) is 10.2 Å². The van der Waals surface area contributed by atoms with E-state index in [1.54, 1.807) is 23.5 Å². The van der Waals surface area contributed by atoms with Crippen LogP contribution in [-0.4, -0.2) is 55.6 Å². The summed E-state index contributed by atoms with van der Waals surface area (Å²) in [6.07, 6.45) is 2.13. The molecule has 0 aliphatic carbocycles. The number of amides is 1. The van der Waals surface area contributed by atoms with Crippen LogP contribution >= 0.6 is 11.3 Å². The molecule has 0 spiro atoms. The maximum atomic E-state index is 12.6. The van der Waals surface area contributed by atoms with Gasteiger partial charge in [0.25, 0.3) is 5.91 Å². The second kappa shape index (κ2) is 9.45. The van der Waals surface area contributed by atoms with Gasteiger partial charge < -0.3 is 19.9 Å². The number of carbonyl (C=O) groups is 1. The minimum atomic E-state index is -0.127. The number of fused-ring (bicyclic) bond motifs is 1. The average molecular weight is 425 g/mol. The summed E-state index contributed by atoms with van der Waals surface area (Å²) in [6.45, 7) is 6.94. The molecule has 2 heterocycles. The molecule has 7 heteroatoms. The van der Waals surface area contributed by atoms with Gasteiger partial charge in [0, 0.05) is 37.4 Å². The van der Waals surface area contributed by atoms with E-state index in [9.17, 15) is 4.79 Å². The number of nitrogens with zero attached hydrogens (tertiary/aromatic N) is 3. The van der Waals surface area contributed by atoms with Crippen molar-refractivity contribution in [1.29, 1.82) is 0 Å². The SMILES string of the molecule is CCCCOc1ccc(C(=O)Nc2ccc3nc(N4CCN(C)CC4)sc3c2)cc1. The normalized spacial score (nSPS) is 14.8. The molecule has 0 radical (unpaired) electrons. The van der Waals surface area contributed by atoms with Gasteiger partial charge in [-0.15, -0.1) is 0 Å². The molecule has 0 atom stereocenters. The second-order valence-corrected chi connectivity index (χ2v) is 8.66. The molecule has 2 aromatic carbocycles. The van der Waals surface area contributed by atoms with Gasteiger partial charge in [0.05, 0.1) is 16.8 Å². The van der Waals surface area contributed by atoms with E-state index >= 15 is 0 Å². The molecule has 1 aromatic heterocycles. The zero-order chi connectivity index (χ0) is 20.9. The average Bonchev–Trinajstić information content (AvgIpc) is 3.18. The number of rotatable bonds is 7. The van der Waals surface area contributed by atoms with Crippen LogP contribution in [0.1, 0.15) is 30.1 Å². The van der Waals surface area contributed by atoms with Gasteiger partial charge in [-0.2, -0.15) is 0 Å². The summed E-state index contributed by atoms with van der Waals surface area (Å²) in [4.78, 5) is 22.1. The Morgan fingerprint density at radius 2 is 1.90 bits per heavy atom. The van der Waals surface area contributed by atoms with E-state index in [-0.39, 0.29) is 5.91 Å². The predicted octanol–water partition coefficient (Wildman–Crippen LogP) is 4.48. The number of thiazole rings is 1. The van der Waals surface area contributed by atoms with Crippen molar-refractivity contribution in [1.82, 2.24) is 9.88 Å². The van der Waals surface area contributed by atoms with Crippen molar-refractivity contribution in [3.05, 3.63) is 48.0 Å². The summed E-state index contributed by atoms with van der Waals surface area (Å²) in [5.41, 5.74) is 2.37. The van der Waals surface area contributed by atoms with Gasteiger partial charge in [0.15, 0.2) is 5.13 Å². The van der Waals surface area contributed by atoms with Crippen LogP contribution in [0, 0.1) is 0 Å². The standard InChI is InChI=1S/C23H28N4O2S/c1-3-4-15-29-19-8-5-17(6-9-19)22(28)24-18-7-10-20-21(16-18)30-23(25-20)27-13-11-26(2)12-14-27/h5-10,16H,3-4,11-15H2,1-2H3,(H,24,28). The molecule has 1 fully saturated rings. The Labute approximate surface area is 181 Å². The van der Waals surface area contributed by atoms with Crippen molar-refractivity contribution in [2.24, 2.45) is 0 Å². The lowest BCUT2D eigenvalue weighted by Gasteiger charge is -2.31. The fourth-order valence-electron chi connectivity index (χ4n) is 3.36. The van der Waals surface area contributed by atoms with Crippen molar-refractivity contribution >= 4 is 38.3 Å². The maximum absolute atomic E-state index is 12.6. The van der Waals surface area contributed by atoms with Gasteiger partial charge >= 0.3 is 0 Å². The van der Waals surface area contributed by atoms with Crippen molar-refractivity contribution < 1.29 is 9.53 Å². The van der Waals surface area contributed by atoms with Crippen molar-refractivity contribution in [3.8, 4) is 5.75 Å². The van der Waals surface area contributed by atoms with Gasteiger partial charge in [-0.25, -0.2) is 4.98 Å². The van der Waals surface area contributed by atoms with Crippen LogP contribution in [0.3, 0.4) is 0 Å². The molecule has 4 rings (SSSR count). The summed E-state index contributed by atoms with van der Waals surface area (Å²) in [5.74, 6) is 0.667. The first-order valence-electron chi connectivity index (χ1n) is 10.5. The van der Waals surface area contributed by atoms with Crippen LogP contribution in [0.2, 0.25) is 0 Å². The molecule has 1 N–H and O–H groups in total. The van der Waals surface area contributed by atoms with E-state index in [1.807, 2.05) is 30.3 Å². The fraction of sp³-hybridized carbons (Fsp3) is 0.391. The molecule has 1 aliphatic heterocycles. The molecular weight excluding hydrogens is 396 g/mol. The summed E-state index contributed by atoms with van der Waals surface area (Å²) < 4.78 is 6.75. The molecule has 1 saturated heterocycles. The van der Waals surface area contributed by atoms with Crippen LogP contribution in [0.5, 0.6) is 5.75 Å². The molecule has 1 aliphatic rings. The van der Waals surface area contributed by atoms with Crippen molar-refractivity contribution in [2.45, 2.75) is 19.8 Å². The third-order valence-electron chi connectivity index (χ3n) is 5.29. The Bertz CT molecular complexity index is 994. The van der Waals surface area contributed by atoms with Crippen molar-refractivity contribution in [2.75, 3.05) is 50.1 Å². The Kier molecular flexibility index (Phi) is 6.50. The Balaban J connectivity index is 1.41. The zero-order valence-corrected chi connectivity index (χ0v) is 18.4. The molecule has 1 amide bonds. The number of hydrogen-bond donors (Lipinski definition) is 1. The van der Waals surface area contributed by atoms with Crippen LogP contribution in [0.4, 0.5) is 10.8 Å². The smallest absolute Gasteiger partial charge is 0.255 e. The third kappa shape index (κ3) is 4.91. The lowest BCUT2D eigenvalue weighted by Crippen LogP contribution is -2.44. The Morgan fingerprint density at radius 3 is 2.63 bits per heavy atom. The van der Waals surface area contributed by atoms with Gasteiger partial charge in [-0.3, -0.25) is 4.79 Å². The topological polar surface area (TPSA) is 57.7 Å². The lowest BCUT2D eigenvalue weighted by atomic mass is 10.2. The molecule has 0 unspecified atom stereocenters. The number of likely N-dealkylation sites (N-methyl/N-ethyl adjacent to an activating group) is 1. The number of anilines is 2. The maximum Gasteiger partial charge on any atom is 0.255 e. The quantitative estimate of drug-likeness (QED) is 0.567. The highest BCUT2D eigenvalue weighted by atomic mass is 32.1. The largest absolute Gasteiger partial charge is 0.494 e. The highest BCUT2D eigenvalue weighted by Gasteiger charge is 2.18. The number of ether oxygens (including phenoxy) is 1. The number of carbonyl (C=O) groups excluding carboxylic acids is 1. The highest BCUT2D eigenvalue weighted by molar-refractivity contribution is 7.22. The lowest BCUT2D eigenvalue weighted by molar-refractivity contribution is 0.102. The van der Waals surface area contributed by atoms with Crippen LogP contribution < -0.4 is 15.0 Å². The summed E-state index contributed by atoms with van der Waals surface area (Å²) in [7, 11) is 2.15. The number of piperazine rings is 1. The van der Waals surface area contributed by atoms with Crippen LogP contribution in [-0.2, 0) is 0 Å². The highest BCUT2D eigenvalue weighted by Crippen LogP contribution is 2.31. The van der Waals surface area contributed by atoms with Gasteiger partial charge in [0.2, 0.25) is 0 Å². The van der Waals surface area contributed by atoms with E-state index in [0.29, 0.717) is 12.2 Å². The van der Waals surface area contributed by atoms with E-state index in [4.69, 9.17) is 9.72 Å². The molecule has 30 heavy (non-hydrogen) atoms. The summed E-state index contributed by atoms with van der Waals surface area (Å²) in [5, 5.41) is 4.05. The monoisotopic (exact) mass is 424 g/mol. The molecule has 0 bridgehead atoms. The van der Waals surface area contributed by atoms with Gasteiger partial charge in [-0.05, 0) is 55.9 Å². The van der Waals surface area contributed by atoms with E-state index in [2.05, 4.69) is 29.1 Å². The number of hydrogen-bond acceptors (Lipinski definition) is 6. The van der Waals surface area contributed by atoms with E-state index < -0.39 is 0 Å². The van der Waals surface area contributed by atoms with Gasteiger partial charge in [0.1, 0.15) is 5.75 Å². The first kappa shape index (κ1) is 20.6. The number of nitrogens with one attached hydrogen (secondary N) is 1. The third-order valence-corrected chi connectivity index (χ3v) is 6.37. The first-order chi connectivity index (χ1) is 14.6. The molecule has 0 saturated carbocycles. The number of benzene rings is 2. The van der Waals surface area contributed by atoms with E-state index in [1.165, 1.54) is 0 Å². The molecule has 6 nitrogen and oxygen atoms in total. The zero-order valence-electron chi connectivity index (χ0n) is 17.6. The minimum absolute atomic E-state index is 0.127. The fourth-order valence-corrected chi connectivity index (χ4v) is 4.42. The number of aromatic nitrogens is 1. The second-order valence-electron chi connectivity index (χ2n) is 7.65. The van der Waals surface area contributed by atoms with Crippen LogP contribution in [0.15, 0.2) is 42.5 Å². The predicted molar refractivity (Wildman–Crippen MR) is 124 cm³/mol. The van der Waals surface area contributed by atoms with Gasteiger partial charge in [-0.1, -0.05) is 24.7 Å². The van der Waals surface area contributed by atoms with E-state index in [0.717, 1.165) is 65.8 Å². The molecule has 3 aromatic rings. The van der Waals surface area contributed by atoms with Crippen molar-refractivity contribution in [3.63, 3.8) is 0 Å². The summed E-state index contributed by atoms with van der Waals surface area (Å²) in [6, 6.07) is 13.2. The summed E-state index contributed by atoms with van der Waals surface area (Å²) >= 11 is 1.68. The molecular formula is C23H28N4O2S. The minimum Gasteiger partial charge on any atom is -0.494 e. The first-order valence-corrected chi connectivity index (χ1v) is 11.3. The Morgan fingerprint density at radius 1 is 1.13 bits per heavy atom. The molecule has 158 valence electrons.